The van der Waals surface area contributed by atoms with Crippen molar-refractivity contribution in [3.8, 4) is 11.8 Å². The van der Waals surface area contributed by atoms with Gasteiger partial charge < -0.3 is 9.84 Å². The minimum absolute atomic E-state index is 0.0607. The van der Waals surface area contributed by atoms with Gasteiger partial charge in [-0.05, 0) is 31.0 Å². The number of ether oxygens (including phenoxy) is 1. The fourth-order valence-electron chi connectivity index (χ4n) is 1.39. The summed E-state index contributed by atoms with van der Waals surface area (Å²) >= 11 is 3.23. The highest BCUT2D eigenvalue weighted by Gasteiger charge is 2.18. The minimum atomic E-state index is -1.07. The van der Waals surface area contributed by atoms with Gasteiger partial charge in [0.2, 0.25) is 0 Å². The Labute approximate surface area is 108 Å². The van der Waals surface area contributed by atoms with E-state index in [0.717, 1.165) is 0 Å². The van der Waals surface area contributed by atoms with Gasteiger partial charge in [-0.3, -0.25) is 0 Å². The van der Waals surface area contributed by atoms with Crippen LogP contribution in [0.5, 0.6) is 5.75 Å². The Balaban J connectivity index is 3.22. The van der Waals surface area contributed by atoms with Crippen LogP contribution in [0.1, 0.15) is 29.3 Å². The van der Waals surface area contributed by atoms with E-state index >= 15 is 0 Å². The van der Waals surface area contributed by atoms with E-state index in [2.05, 4.69) is 15.9 Å². The zero-order valence-electron chi connectivity index (χ0n) is 9.53. The lowest BCUT2D eigenvalue weighted by molar-refractivity contribution is 0.0690. The Hall–Kier alpha value is -1.54. The smallest absolute Gasteiger partial charge is 0.339 e. The van der Waals surface area contributed by atoms with Crippen LogP contribution in [-0.2, 0) is 0 Å². The van der Waals surface area contributed by atoms with Crippen LogP contribution in [0.3, 0.4) is 0 Å². The molecule has 0 heterocycles. The van der Waals surface area contributed by atoms with Crippen LogP contribution in [0, 0.1) is 18.3 Å². The molecule has 1 unspecified atom stereocenters. The van der Waals surface area contributed by atoms with Crippen LogP contribution >= 0.6 is 15.9 Å². The van der Waals surface area contributed by atoms with E-state index in [0.29, 0.717) is 16.5 Å². The third kappa shape index (κ3) is 3.21. The summed E-state index contributed by atoms with van der Waals surface area (Å²) in [4.78, 5) is 11.1. The molecule has 0 spiro atoms. The summed E-state index contributed by atoms with van der Waals surface area (Å²) in [5, 5.41) is 17.9. The zero-order valence-corrected chi connectivity index (χ0v) is 11.1. The minimum Gasteiger partial charge on any atom is -0.478 e. The number of aryl methyl sites for hydroxylation is 1. The fourth-order valence-corrected chi connectivity index (χ4v) is 1.96. The van der Waals surface area contributed by atoms with Crippen molar-refractivity contribution in [1.82, 2.24) is 0 Å². The molecule has 0 amide bonds. The molecule has 17 heavy (non-hydrogen) atoms. The van der Waals surface area contributed by atoms with E-state index in [4.69, 9.17) is 15.1 Å². The van der Waals surface area contributed by atoms with Gasteiger partial charge in [-0.2, -0.15) is 5.26 Å². The van der Waals surface area contributed by atoms with Crippen molar-refractivity contribution in [2.75, 3.05) is 0 Å². The van der Waals surface area contributed by atoms with Gasteiger partial charge >= 0.3 is 5.97 Å². The first-order valence-corrected chi connectivity index (χ1v) is 5.88. The molecule has 0 aliphatic rings. The standard InChI is InChI=1S/C12H12BrNO3/c1-3-9(6-14)17-11-7(2)4-8(13)5-10(11)12(15)16/h4-5,9H,3H2,1-2H3,(H,15,16). The fraction of sp³-hybridized carbons (Fsp3) is 0.333. The first kappa shape index (κ1) is 13.5. The second-order valence-electron chi connectivity index (χ2n) is 3.55. The number of carboxylic acids is 1. The topological polar surface area (TPSA) is 70.3 Å². The van der Waals surface area contributed by atoms with E-state index in [-0.39, 0.29) is 11.3 Å². The average molecular weight is 298 g/mol. The van der Waals surface area contributed by atoms with Crippen molar-refractivity contribution in [3.63, 3.8) is 0 Å². The lowest BCUT2D eigenvalue weighted by Gasteiger charge is -2.15. The van der Waals surface area contributed by atoms with Crippen LogP contribution in [0.15, 0.2) is 16.6 Å². The van der Waals surface area contributed by atoms with Crippen molar-refractivity contribution in [2.45, 2.75) is 26.4 Å². The van der Waals surface area contributed by atoms with Crippen LogP contribution in [0.4, 0.5) is 0 Å². The highest BCUT2D eigenvalue weighted by Crippen LogP contribution is 2.29. The van der Waals surface area contributed by atoms with Crippen LogP contribution in [-0.4, -0.2) is 17.2 Å². The molecule has 1 N–H and O–H groups in total. The van der Waals surface area contributed by atoms with Gasteiger partial charge in [-0.1, -0.05) is 22.9 Å². The maximum absolute atomic E-state index is 11.1. The molecule has 0 fully saturated rings. The Morgan fingerprint density at radius 1 is 1.65 bits per heavy atom. The van der Waals surface area contributed by atoms with Gasteiger partial charge in [0.05, 0.1) is 0 Å². The molecular formula is C12H12BrNO3. The monoisotopic (exact) mass is 297 g/mol. The van der Waals surface area contributed by atoms with Crippen molar-refractivity contribution in [2.24, 2.45) is 0 Å². The van der Waals surface area contributed by atoms with E-state index < -0.39 is 12.1 Å². The maximum Gasteiger partial charge on any atom is 0.339 e. The predicted octanol–water partition coefficient (Wildman–Crippen LogP) is 3.14. The van der Waals surface area contributed by atoms with E-state index in [9.17, 15) is 4.79 Å². The number of aromatic carboxylic acids is 1. The number of carbonyl (C=O) groups is 1. The number of halogens is 1. The Morgan fingerprint density at radius 3 is 2.76 bits per heavy atom. The summed E-state index contributed by atoms with van der Waals surface area (Å²) in [6.45, 7) is 3.55. The van der Waals surface area contributed by atoms with Gasteiger partial charge in [0, 0.05) is 4.47 Å². The molecule has 90 valence electrons. The summed E-state index contributed by atoms with van der Waals surface area (Å²) in [6, 6.07) is 5.20. The highest BCUT2D eigenvalue weighted by molar-refractivity contribution is 9.10. The van der Waals surface area contributed by atoms with E-state index in [1.54, 1.807) is 13.0 Å². The van der Waals surface area contributed by atoms with Crippen LogP contribution < -0.4 is 4.74 Å². The second kappa shape index (κ2) is 5.69. The second-order valence-corrected chi connectivity index (χ2v) is 4.46. The molecule has 0 bridgehead atoms. The van der Waals surface area contributed by atoms with Crippen molar-refractivity contribution >= 4 is 21.9 Å². The molecule has 0 aliphatic carbocycles. The summed E-state index contributed by atoms with van der Waals surface area (Å²) < 4.78 is 6.10. The van der Waals surface area contributed by atoms with Gasteiger partial charge in [0.1, 0.15) is 17.4 Å². The Bertz CT molecular complexity index is 479. The molecule has 1 aromatic rings. The maximum atomic E-state index is 11.1. The summed E-state index contributed by atoms with van der Waals surface area (Å²) in [7, 11) is 0. The third-order valence-corrected chi connectivity index (χ3v) is 2.70. The molecular weight excluding hydrogens is 286 g/mol. The number of hydrogen-bond donors (Lipinski definition) is 1. The number of nitrogens with zero attached hydrogens (tertiary/aromatic N) is 1. The Morgan fingerprint density at radius 2 is 2.29 bits per heavy atom. The molecule has 0 saturated heterocycles. The summed E-state index contributed by atoms with van der Waals surface area (Å²) in [6.07, 6.45) is -0.126. The number of carboxylic acid groups (broad SMARTS) is 1. The zero-order chi connectivity index (χ0) is 13.0. The van der Waals surface area contributed by atoms with Gasteiger partial charge in [0.25, 0.3) is 0 Å². The lowest BCUT2D eigenvalue weighted by atomic mass is 10.1. The lowest BCUT2D eigenvalue weighted by Crippen LogP contribution is -2.15. The molecule has 1 aromatic carbocycles. The van der Waals surface area contributed by atoms with Gasteiger partial charge in [-0.15, -0.1) is 0 Å². The average Bonchev–Trinajstić information content (AvgIpc) is 2.27. The van der Waals surface area contributed by atoms with Crippen molar-refractivity contribution < 1.29 is 14.6 Å². The molecule has 0 aromatic heterocycles. The summed E-state index contributed by atoms with van der Waals surface area (Å²) in [5.41, 5.74) is 0.746. The molecule has 5 heteroatoms. The molecule has 0 radical (unpaired) electrons. The van der Waals surface area contributed by atoms with Crippen LogP contribution in [0.2, 0.25) is 0 Å². The predicted molar refractivity (Wildman–Crippen MR) is 66.2 cm³/mol. The molecule has 1 rings (SSSR count). The number of hydrogen-bond acceptors (Lipinski definition) is 3. The number of rotatable bonds is 4. The highest BCUT2D eigenvalue weighted by atomic mass is 79.9. The Kier molecular flexibility index (Phi) is 4.53. The van der Waals surface area contributed by atoms with E-state index in [1.807, 2.05) is 13.0 Å². The summed E-state index contributed by atoms with van der Waals surface area (Å²) in [5.74, 6) is -0.814. The van der Waals surface area contributed by atoms with Gasteiger partial charge in [0.15, 0.2) is 6.10 Å². The first-order chi connectivity index (χ1) is 7.99. The SMILES string of the molecule is CCC(C#N)Oc1c(C)cc(Br)cc1C(=O)O. The van der Waals surface area contributed by atoms with Crippen molar-refractivity contribution in [1.29, 1.82) is 5.26 Å². The molecule has 4 nitrogen and oxygen atoms in total. The molecule has 0 saturated carbocycles. The first-order valence-electron chi connectivity index (χ1n) is 5.09. The van der Waals surface area contributed by atoms with Crippen molar-refractivity contribution in [3.05, 3.63) is 27.7 Å². The van der Waals surface area contributed by atoms with E-state index in [1.165, 1.54) is 6.07 Å². The molecule has 1 atom stereocenters. The normalized spacial score (nSPS) is 11.6. The number of benzene rings is 1. The molecule has 0 aliphatic heterocycles. The van der Waals surface area contributed by atoms with Crippen LogP contribution in [0.25, 0.3) is 0 Å². The van der Waals surface area contributed by atoms with Gasteiger partial charge in [-0.25, -0.2) is 4.79 Å². The largest absolute Gasteiger partial charge is 0.478 e. The number of nitriles is 1. The quantitative estimate of drug-likeness (QED) is 0.927. The third-order valence-electron chi connectivity index (χ3n) is 2.24.